The second kappa shape index (κ2) is 4.02. The average Bonchev–Trinajstić information content (AvgIpc) is 1.87. The maximum absolute atomic E-state index is 5.72. The van der Waals surface area contributed by atoms with Crippen molar-refractivity contribution in [2.75, 3.05) is 5.88 Å². The lowest BCUT2D eigenvalue weighted by molar-refractivity contribution is 0.385. The molecule has 0 nitrogen and oxygen atoms in total. The van der Waals surface area contributed by atoms with Crippen LogP contribution in [0.1, 0.15) is 32.6 Å². The van der Waals surface area contributed by atoms with Gasteiger partial charge >= 0.3 is 0 Å². The summed E-state index contributed by atoms with van der Waals surface area (Å²) < 4.78 is 0. The van der Waals surface area contributed by atoms with Crippen molar-refractivity contribution >= 4 is 11.6 Å². The molecule has 1 saturated carbocycles. The summed E-state index contributed by atoms with van der Waals surface area (Å²) in [6, 6.07) is 0. The van der Waals surface area contributed by atoms with Crippen LogP contribution in [0, 0.1) is 5.92 Å². The second-order valence-corrected chi connectivity index (χ2v) is 3.27. The molecule has 0 aromatic rings. The molecular weight excluding hydrogens is 144 g/mol. The largest absolute Gasteiger partial charge is 0.122 e. The quantitative estimate of drug-likeness (QED) is 0.437. The van der Waals surface area contributed by atoms with Crippen molar-refractivity contribution in [2.24, 2.45) is 5.92 Å². The van der Waals surface area contributed by atoms with E-state index < -0.39 is 0 Å². The summed E-state index contributed by atoms with van der Waals surface area (Å²) in [6.45, 7) is 2.17. The summed E-state index contributed by atoms with van der Waals surface area (Å²) in [5.41, 5.74) is 1.42. The first kappa shape index (κ1) is 8.13. The molecule has 0 unspecified atom stereocenters. The summed E-state index contributed by atoms with van der Waals surface area (Å²) in [4.78, 5) is 0. The van der Waals surface area contributed by atoms with Gasteiger partial charge < -0.3 is 0 Å². The Morgan fingerprint density at radius 3 is 2.60 bits per heavy atom. The lowest BCUT2D eigenvalue weighted by atomic mass is 9.84. The van der Waals surface area contributed by atoms with Crippen LogP contribution in [0.4, 0.5) is 0 Å². The molecule has 0 bridgehead atoms. The normalized spacial score (nSPS) is 20.8. The molecule has 1 heteroatoms. The van der Waals surface area contributed by atoms with E-state index in [9.17, 15) is 0 Å². The van der Waals surface area contributed by atoms with Gasteiger partial charge in [0.25, 0.3) is 0 Å². The maximum atomic E-state index is 5.72. The monoisotopic (exact) mass is 158 g/mol. The molecule has 1 fully saturated rings. The molecule has 0 aromatic heterocycles. The van der Waals surface area contributed by atoms with Crippen molar-refractivity contribution in [2.45, 2.75) is 32.6 Å². The van der Waals surface area contributed by atoms with Crippen LogP contribution in [-0.4, -0.2) is 5.88 Å². The Morgan fingerprint density at radius 2 is 2.30 bits per heavy atom. The zero-order chi connectivity index (χ0) is 7.40. The standard InChI is InChI=1S/C9H15Cl/c1-2-8(7-10)6-9-4-3-5-9/h6,9H,2-5,7H2,1H3. The lowest BCUT2D eigenvalue weighted by Gasteiger charge is -2.22. The Hall–Kier alpha value is 0.0300. The molecule has 1 aliphatic carbocycles. The predicted molar refractivity (Wildman–Crippen MR) is 46.4 cm³/mol. The smallest absolute Gasteiger partial charge is 0.0433 e. The highest BCUT2D eigenvalue weighted by Gasteiger charge is 2.14. The van der Waals surface area contributed by atoms with E-state index in [1.807, 2.05) is 0 Å². The molecule has 0 aliphatic heterocycles. The average molecular weight is 159 g/mol. The van der Waals surface area contributed by atoms with E-state index >= 15 is 0 Å². The maximum Gasteiger partial charge on any atom is 0.0433 e. The van der Waals surface area contributed by atoms with Gasteiger partial charge in [-0.25, -0.2) is 0 Å². The van der Waals surface area contributed by atoms with Crippen molar-refractivity contribution in [1.82, 2.24) is 0 Å². The van der Waals surface area contributed by atoms with E-state index in [1.54, 1.807) is 0 Å². The highest BCUT2D eigenvalue weighted by atomic mass is 35.5. The highest BCUT2D eigenvalue weighted by molar-refractivity contribution is 6.19. The first-order valence-electron chi connectivity index (χ1n) is 4.12. The number of hydrogen-bond acceptors (Lipinski definition) is 0. The van der Waals surface area contributed by atoms with Gasteiger partial charge in [-0.2, -0.15) is 0 Å². The minimum absolute atomic E-state index is 0.729. The number of alkyl halides is 1. The van der Waals surface area contributed by atoms with Crippen molar-refractivity contribution in [3.63, 3.8) is 0 Å². The Balaban J connectivity index is 2.33. The van der Waals surface area contributed by atoms with Crippen LogP contribution < -0.4 is 0 Å². The first-order valence-corrected chi connectivity index (χ1v) is 4.65. The molecule has 0 aromatic carbocycles. The summed E-state index contributed by atoms with van der Waals surface area (Å²) in [5.74, 6) is 1.60. The summed E-state index contributed by atoms with van der Waals surface area (Å²) in [7, 11) is 0. The van der Waals surface area contributed by atoms with Crippen LogP contribution in [0.5, 0.6) is 0 Å². The Morgan fingerprint density at radius 1 is 1.60 bits per heavy atom. The van der Waals surface area contributed by atoms with Crippen molar-refractivity contribution in [3.05, 3.63) is 11.6 Å². The highest BCUT2D eigenvalue weighted by Crippen LogP contribution is 2.29. The van der Waals surface area contributed by atoms with Crippen molar-refractivity contribution < 1.29 is 0 Å². The van der Waals surface area contributed by atoms with Gasteiger partial charge in [0.05, 0.1) is 0 Å². The number of rotatable bonds is 3. The molecule has 0 radical (unpaired) electrons. The van der Waals surface area contributed by atoms with Gasteiger partial charge in [-0.05, 0) is 25.2 Å². The lowest BCUT2D eigenvalue weighted by Crippen LogP contribution is -2.08. The zero-order valence-corrected chi connectivity index (χ0v) is 7.32. The fourth-order valence-corrected chi connectivity index (χ4v) is 1.47. The van der Waals surface area contributed by atoms with E-state index in [0.717, 1.165) is 18.2 Å². The minimum Gasteiger partial charge on any atom is -0.122 e. The van der Waals surface area contributed by atoms with Gasteiger partial charge in [-0.1, -0.05) is 25.0 Å². The van der Waals surface area contributed by atoms with Crippen LogP contribution in [0.25, 0.3) is 0 Å². The third kappa shape index (κ3) is 2.02. The Labute approximate surface area is 68.3 Å². The Kier molecular flexibility index (Phi) is 3.27. The molecule has 0 spiro atoms. The minimum atomic E-state index is 0.729. The van der Waals surface area contributed by atoms with Crippen LogP contribution in [-0.2, 0) is 0 Å². The van der Waals surface area contributed by atoms with E-state index in [2.05, 4.69) is 13.0 Å². The molecule has 1 rings (SSSR count). The van der Waals surface area contributed by atoms with E-state index in [1.165, 1.54) is 24.8 Å². The van der Waals surface area contributed by atoms with Crippen molar-refractivity contribution in [1.29, 1.82) is 0 Å². The SMILES string of the molecule is CCC(=CC1CCC1)CCl. The van der Waals surface area contributed by atoms with Gasteiger partial charge in [0.2, 0.25) is 0 Å². The van der Waals surface area contributed by atoms with E-state index in [0.29, 0.717) is 0 Å². The van der Waals surface area contributed by atoms with Gasteiger partial charge in [0, 0.05) is 5.88 Å². The zero-order valence-electron chi connectivity index (χ0n) is 6.57. The summed E-state index contributed by atoms with van der Waals surface area (Å²) in [6.07, 6.45) is 7.69. The molecule has 0 heterocycles. The molecule has 58 valence electrons. The van der Waals surface area contributed by atoms with Crippen LogP contribution >= 0.6 is 11.6 Å². The number of halogens is 1. The number of allylic oxidation sites excluding steroid dienone is 2. The van der Waals surface area contributed by atoms with Gasteiger partial charge in [0.1, 0.15) is 0 Å². The fraction of sp³-hybridized carbons (Fsp3) is 0.778. The third-order valence-corrected chi connectivity index (χ3v) is 2.59. The van der Waals surface area contributed by atoms with Crippen molar-refractivity contribution in [3.8, 4) is 0 Å². The Bertz CT molecular complexity index is 117. The molecule has 1 aliphatic rings. The fourth-order valence-electron chi connectivity index (χ4n) is 1.20. The molecule has 0 amide bonds. The molecule has 10 heavy (non-hydrogen) atoms. The predicted octanol–water partition coefficient (Wildman–Crippen LogP) is 3.36. The van der Waals surface area contributed by atoms with E-state index in [4.69, 9.17) is 11.6 Å². The van der Waals surface area contributed by atoms with E-state index in [-0.39, 0.29) is 0 Å². The topological polar surface area (TPSA) is 0 Å². The molecular formula is C9H15Cl. The number of hydrogen-bond donors (Lipinski definition) is 0. The van der Waals surface area contributed by atoms with Crippen LogP contribution in [0.2, 0.25) is 0 Å². The van der Waals surface area contributed by atoms with Gasteiger partial charge in [0.15, 0.2) is 0 Å². The second-order valence-electron chi connectivity index (χ2n) is 3.00. The third-order valence-electron chi connectivity index (χ3n) is 2.25. The summed E-state index contributed by atoms with van der Waals surface area (Å²) in [5, 5.41) is 0. The molecule has 0 saturated heterocycles. The summed E-state index contributed by atoms with van der Waals surface area (Å²) >= 11 is 5.72. The van der Waals surface area contributed by atoms with Gasteiger partial charge in [-0.15, -0.1) is 11.6 Å². The molecule has 0 atom stereocenters. The first-order chi connectivity index (χ1) is 4.86. The van der Waals surface area contributed by atoms with Crippen LogP contribution in [0.15, 0.2) is 11.6 Å². The van der Waals surface area contributed by atoms with Gasteiger partial charge in [-0.3, -0.25) is 0 Å². The van der Waals surface area contributed by atoms with Crippen LogP contribution in [0.3, 0.4) is 0 Å². The molecule has 0 N–H and O–H groups in total.